The van der Waals surface area contributed by atoms with Gasteiger partial charge in [0.05, 0.1) is 6.61 Å². The van der Waals surface area contributed by atoms with Gasteiger partial charge in [-0.2, -0.15) is 0 Å². The Morgan fingerprint density at radius 2 is 2.15 bits per heavy atom. The van der Waals surface area contributed by atoms with Crippen molar-refractivity contribution in [2.24, 2.45) is 0 Å². The molecule has 0 atom stereocenters. The molecule has 1 saturated carbocycles. The van der Waals surface area contributed by atoms with Crippen LogP contribution in [0.3, 0.4) is 0 Å². The van der Waals surface area contributed by atoms with Gasteiger partial charge in [-0.25, -0.2) is 4.79 Å². The molecule has 0 radical (unpaired) electrons. The van der Waals surface area contributed by atoms with E-state index in [1.165, 1.54) is 0 Å². The van der Waals surface area contributed by atoms with E-state index < -0.39 is 5.97 Å². The fourth-order valence-corrected chi connectivity index (χ4v) is 1.36. The topological polar surface area (TPSA) is 69.6 Å². The number of nitrogens with one attached hydrogen (secondary N) is 1. The Morgan fingerprint density at radius 3 is 2.46 bits per heavy atom. The van der Waals surface area contributed by atoms with E-state index >= 15 is 0 Å². The Balaban J connectivity index is 2.32. The van der Waals surface area contributed by atoms with Gasteiger partial charge in [0.25, 0.3) is 0 Å². The first kappa shape index (κ1) is 10.2. The van der Waals surface area contributed by atoms with Gasteiger partial charge in [0.2, 0.25) is 0 Å². The lowest BCUT2D eigenvalue weighted by Crippen LogP contribution is -2.54. The van der Waals surface area contributed by atoms with Crippen molar-refractivity contribution in [3.8, 4) is 0 Å². The van der Waals surface area contributed by atoms with Crippen LogP contribution in [-0.2, 0) is 4.79 Å². The van der Waals surface area contributed by atoms with E-state index in [-0.39, 0.29) is 24.3 Å². The molecule has 0 heterocycles. The Kier molecular flexibility index (Phi) is 3.06. The molecule has 1 rings (SSSR count). The van der Waals surface area contributed by atoms with Gasteiger partial charge in [-0.05, 0) is 19.3 Å². The highest BCUT2D eigenvalue weighted by Gasteiger charge is 2.35. The Hall–Kier alpha value is -0.870. The van der Waals surface area contributed by atoms with E-state index in [1.807, 2.05) is 0 Å². The largest absolute Gasteiger partial charge is 0.478 e. The molecule has 0 aromatic carbocycles. The van der Waals surface area contributed by atoms with Crippen molar-refractivity contribution in [2.75, 3.05) is 13.2 Å². The molecule has 0 aliphatic heterocycles. The van der Waals surface area contributed by atoms with Gasteiger partial charge in [-0.15, -0.1) is 0 Å². The fraction of sp³-hybridized carbons (Fsp3) is 0.667. The molecule has 74 valence electrons. The molecule has 13 heavy (non-hydrogen) atoms. The highest BCUT2D eigenvalue weighted by atomic mass is 16.4. The molecular formula is C9H15NO3. The number of aliphatic carboxylic acids is 1. The minimum Gasteiger partial charge on any atom is -0.478 e. The van der Waals surface area contributed by atoms with Crippen LogP contribution in [0.5, 0.6) is 0 Å². The molecule has 0 unspecified atom stereocenters. The minimum atomic E-state index is -0.986. The van der Waals surface area contributed by atoms with E-state index in [1.54, 1.807) is 0 Å². The van der Waals surface area contributed by atoms with Crippen LogP contribution in [0, 0.1) is 0 Å². The highest BCUT2D eigenvalue weighted by Crippen LogP contribution is 2.31. The molecule has 0 spiro atoms. The quantitative estimate of drug-likeness (QED) is 0.532. The lowest BCUT2D eigenvalue weighted by Gasteiger charge is -2.41. The summed E-state index contributed by atoms with van der Waals surface area (Å²) in [4.78, 5) is 10.4. The Morgan fingerprint density at radius 1 is 1.54 bits per heavy atom. The van der Waals surface area contributed by atoms with Crippen LogP contribution in [-0.4, -0.2) is 34.9 Å². The number of aliphatic hydroxyl groups excluding tert-OH is 1. The van der Waals surface area contributed by atoms with Crippen LogP contribution >= 0.6 is 0 Å². The van der Waals surface area contributed by atoms with Gasteiger partial charge in [0.1, 0.15) is 0 Å². The third kappa shape index (κ3) is 2.29. The lowest BCUT2D eigenvalue weighted by molar-refractivity contribution is -0.132. The van der Waals surface area contributed by atoms with Crippen molar-refractivity contribution < 1.29 is 15.0 Å². The molecule has 0 amide bonds. The molecule has 0 saturated heterocycles. The summed E-state index contributed by atoms with van der Waals surface area (Å²) < 4.78 is 0. The summed E-state index contributed by atoms with van der Waals surface area (Å²) in [5.41, 5.74) is -0.0991. The zero-order chi connectivity index (χ0) is 9.90. The van der Waals surface area contributed by atoms with Crippen LogP contribution in [0.25, 0.3) is 0 Å². The zero-order valence-corrected chi connectivity index (χ0v) is 7.55. The second-order valence-electron chi connectivity index (χ2n) is 3.55. The van der Waals surface area contributed by atoms with Crippen LogP contribution in [0.4, 0.5) is 0 Å². The number of carboxylic acids is 1. The third-order valence-corrected chi connectivity index (χ3v) is 2.59. The summed E-state index contributed by atoms with van der Waals surface area (Å²) in [6, 6.07) is 0. The molecule has 4 heteroatoms. The van der Waals surface area contributed by atoms with Crippen molar-refractivity contribution in [1.82, 2.24) is 5.32 Å². The number of carbonyl (C=O) groups is 1. The van der Waals surface area contributed by atoms with Crippen molar-refractivity contribution in [2.45, 2.75) is 24.8 Å². The summed E-state index contributed by atoms with van der Waals surface area (Å²) >= 11 is 0. The van der Waals surface area contributed by atoms with E-state index in [9.17, 15) is 4.79 Å². The minimum absolute atomic E-state index is 0.0693. The summed E-state index contributed by atoms with van der Waals surface area (Å²) in [5, 5.41) is 20.6. The Labute approximate surface area is 77.3 Å². The van der Waals surface area contributed by atoms with Crippen LogP contribution in [0.1, 0.15) is 19.3 Å². The second-order valence-corrected chi connectivity index (χ2v) is 3.55. The molecule has 0 bridgehead atoms. The maximum atomic E-state index is 10.4. The number of carboxylic acid groups (broad SMARTS) is 1. The SMILES string of the molecule is C=C(CNC1(CO)CCC1)C(=O)O. The smallest absolute Gasteiger partial charge is 0.332 e. The molecule has 1 aliphatic carbocycles. The van der Waals surface area contributed by atoms with Gasteiger partial charge in [-0.1, -0.05) is 6.58 Å². The summed E-state index contributed by atoms with van der Waals surface area (Å²) in [6.45, 7) is 3.72. The Bertz CT molecular complexity index is 215. The predicted octanol–water partition coefficient (Wildman–Crippen LogP) is 0.132. The van der Waals surface area contributed by atoms with Gasteiger partial charge in [-0.3, -0.25) is 0 Å². The van der Waals surface area contributed by atoms with Gasteiger partial charge < -0.3 is 15.5 Å². The first-order valence-electron chi connectivity index (χ1n) is 4.37. The summed E-state index contributed by atoms with van der Waals surface area (Å²) in [6.07, 6.45) is 2.92. The van der Waals surface area contributed by atoms with Crippen LogP contribution in [0.15, 0.2) is 12.2 Å². The average Bonchev–Trinajstić information content (AvgIpc) is 2.02. The maximum absolute atomic E-state index is 10.4. The number of hydrogen-bond donors (Lipinski definition) is 3. The molecule has 1 aliphatic rings. The molecular weight excluding hydrogens is 170 g/mol. The molecule has 0 aromatic rings. The van der Waals surface area contributed by atoms with Crippen molar-refractivity contribution >= 4 is 5.97 Å². The molecule has 4 nitrogen and oxygen atoms in total. The van der Waals surface area contributed by atoms with E-state index in [2.05, 4.69) is 11.9 Å². The molecule has 3 N–H and O–H groups in total. The standard InChI is InChI=1S/C9H15NO3/c1-7(8(12)13)5-10-9(6-11)3-2-4-9/h10-11H,1-6H2,(H,12,13). The van der Waals surface area contributed by atoms with Crippen LogP contribution < -0.4 is 5.32 Å². The monoisotopic (exact) mass is 185 g/mol. The summed E-state index contributed by atoms with van der Waals surface area (Å²) in [5.74, 6) is -0.986. The van der Waals surface area contributed by atoms with E-state index in [0.29, 0.717) is 0 Å². The number of hydrogen-bond acceptors (Lipinski definition) is 3. The number of rotatable bonds is 5. The molecule has 0 aromatic heterocycles. The highest BCUT2D eigenvalue weighted by molar-refractivity contribution is 5.86. The molecule has 1 fully saturated rings. The van der Waals surface area contributed by atoms with Gasteiger partial charge in [0.15, 0.2) is 0 Å². The maximum Gasteiger partial charge on any atom is 0.332 e. The zero-order valence-electron chi connectivity index (χ0n) is 7.55. The fourth-order valence-electron chi connectivity index (χ4n) is 1.36. The van der Waals surface area contributed by atoms with Crippen molar-refractivity contribution in [3.05, 3.63) is 12.2 Å². The average molecular weight is 185 g/mol. The van der Waals surface area contributed by atoms with Gasteiger partial charge in [0, 0.05) is 17.7 Å². The normalized spacial score (nSPS) is 19.2. The first-order valence-corrected chi connectivity index (χ1v) is 4.37. The van der Waals surface area contributed by atoms with Gasteiger partial charge >= 0.3 is 5.97 Å². The lowest BCUT2D eigenvalue weighted by atomic mass is 9.77. The van der Waals surface area contributed by atoms with E-state index in [0.717, 1.165) is 19.3 Å². The number of aliphatic hydroxyl groups is 1. The summed E-state index contributed by atoms with van der Waals surface area (Å²) in [7, 11) is 0. The third-order valence-electron chi connectivity index (χ3n) is 2.59. The van der Waals surface area contributed by atoms with Crippen molar-refractivity contribution in [1.29, 1.82) is 0 Å². The first-order chi connectivity index (χ1) is 6.09. The predicted molar refractivity (Wildman–Crippen MR) is 48.4 cm³/mol. The van der Waals surface area contributed by atoms with Crippen molar-refractivity contribution in [3.63, 3.8) is 0 Å². The second kappa shape index (κ2) is 3.89. The van der Waals surface area contributed by atoms with Crippen LogP contribution in [0.2, 0.25) is 0 Å². The van der Waals surface area contributed by atoms with E-state index in [4.69, 9.17) is 10.2 Å².